The third kappa shape index (κ3) is 5.21. The first kappa shape index (κ1) is 22.9. The highest BCUT2D eigenvalue weighted by atomic mass is 35.5. The van der Waals surface area contributed by atoms with Crippen LogP contribution in [0.2, 0.25) is 10.0 Å². The van der Waals surface area contributed by atoms with Crippen LogP contribution >= 0.6 is 23.2 Å². The first-order valence-electron chi connectivity index (χ1n) is 10.2. The van der Waals surface area contributed by atoms with Gasteiger partial charge < -0.3 is 14.6 Å². The molecule has 0 aliphatic carbocycles. The number of carbonyl (C=O) groups is 1. The van der Waals surface area contributed by atoms with Crippen LogP contribution in [0, 0.1) is 20.8 Å². The van der Waals surface area contributed by atoms with Gasteiger partial charge in [0.05, 0.1) is 22.2 Å². The molecule has 2 aromatic carbocycles. The van der Waals surface area contributed by atoms with Crippen molar-refractivity contribution in [2.45, 2.75) is 33.9 Å². The maximum atomic E-state index is 12.9. The van der Waals surface area contributed by atoms with E-state index in [0.29, 0.717) is 33.7 Å². The molecule has 33 heavy (non-hydrogen) atoms. The molecule has 0 atom stereocenters. The summed E-state index contributed by atoms with van der Waals surface area (Å²) in [5, 5.41) is 12.1. The molecule has 4 aromatic rings. The second kappa shape index (κ2) is 9.68. The first-order valence-corrected chi connectivity index (χ1v) is 11.0. The zero-order chi connectivity index (χ0) is 23.5. The molecule has 0 aliphatic rings. The monoisotopic (exact) mass is 484 g/mol. The zero-order valence-electron chi connectivity index (χ0n) is 18.4. The molecule has 9 heteroatoms. The predicted octanol–water partition coefficient (Wildman–Crippen LogP) is 5.98. The van der Waals surface area contributed by atoms with E-state index in [2.05, 4.69) is 15.6 Å². The SMILES string of the molecule is Cc1cccc(OCc2c(C(=O)Nc3ccn(Cc4ccc(Cl)c(Cl)c4)n3)noc2C)c1C. The van der Waals surface area contributed by atoms with Gasteiger partial charge >= 0.3 is 0 Å². The summed E-state index contributed by atoms with van der Waals surface area (Å²) in [6.45, 7) is 6.40. The van der Waals surface area contributed by atoms with Crippen LogP contribution in [0.25, 0.3) is 0 Å². The van der Waals surface area contributed by atoms with Crippen molar-refractivity contribution >= 4 is 34.9 Å². The fourth-order valence-electron chi connectivity index (χ4n) is 3.29. The van der Waals surface area contributed by atoms with E-state index in [9.17, 15) is 4.79 Å². The number of anilines is 1. The molecule has 7 nitrogen and oxygen atoms in total. The van der Waals surface area contributed by atoms with E-state index < -0.39 is 5.91 Å². The van der Waals surface area contributed by atoms with E-state index in [0.717, 1.165) is 22.4 Å². The lowest BCUT2D eigenvalue weighted by Gasteiger charge is -2.11. The molecular weight excluding hydrogens is 463 g/mol. The van der Waals surface area contributed by atoms with Crippen LogP contribution in [0.5, 0.6) is 5.75 Å². The van der Waals surface area contributed by atoms with Gasteiger partial charge in [-0.25, -0.2) is 0 Å². The van der Waals surface area contributed by atoms with Crippen LogP contribution in [0.1, 0.15) is 38.5 Å². The summed E-state index contributed by atoms with van der Waals surface area (Å²) in [5.41, 5.74) is 3.86. The van der Waals surface area contributed by atoms with E-state index in [1.54, 1.807) is 36.0 Å². The smallest absolute Gasteiger partial charge is 0.279 e. The minimum Gasteiger partial charge on any atom is -0.488 e. The molecule has 1 N–H and O–H groups in total. The van der Waals surface area contributed by atoms with Crippen molar-refractivity contribution in [1.29, 1.82) is 0 Å². The third-order valence-corrected chi connectivity index (χ3v) is 6.08. The van der Waals surface area contributed by atoms with Gasteiger partial charge in [0.1, 0.15) is 18.1 Å². The second-order valence-electron chi connectivity index (χ2n) is 7.65. The molecule has 1 amide bonds. The molecular formula is C24H22Cl2N4O3. The number of nitrogens with one attached hydrogen (secondary N) is 1. The van der Waals surface area contributed by atoms with Gasteiger partial charge in [-0.3, -0.25) is 9.48 Å². The molecule has 0 bridgehead atoms. The van der Waals surface area contributed by atoms with E-state index in [1.807, 2.05) is 38.1 Å². The lowest BCUT2D eigenvalue weighted by Crippen LogP contribution is -2.16. The summed E-state index contributed by atoms with van der Waals surface area (Å²) >= 11 is 12.0. The fourth-order valence-corrected chi connectivity index (χ4v) is 3.61. The highest BCUT2D eigenvalue weighted by molar-refractivity contribution is 6.42. The van der Waals surface area contributed by atoms with Gasteiger partial charge in [-0.15, -0.1) is 0 Å². The molecule has 0 saturated carbocycles. The van der Waals surface area contributed by atoms with E-state index >= 15 is 0 Å². The van der Waals surface area contributed by atoms with E-state index in [4.69, 9.17) is 32.5 Å². The second-order valence-corrected chi connectivity index (χ2v) is 8.47. The van der Waals surface area contributed by atoms with Gasteiger partial charge in [-0.05, 0) is 55.7 Å². The van der Waals surface area contributed by atoms with Crippen LogP contribution in [0.15, 0.2) is 53.2 Å². The number of rotatable bonds is 7. The van der Waals surface area contributed by atoms with Crippen LogP contribution in [0.3, 0.4) is 0 Å². The average Bonchev–Trinajstić information content (AvgIpc) is 3.38. The summed E-state index contributed by atoms with van der Waals surface area (Å²) in [7, 11) is 0. The molecule has 0 aliphatic heterocycles. The molecule has 0 saturated heterocycles. The Balaban J connectivity index is 1.44. The first-order chi connectivity index (χ1) is 15.8. The maximum Gasteiger partial charge on any atom is 0.279 e. The van der Waals surface area contributed by atoms with Gasteiger partial charge in [-0.2, -0.15) is 5.10 Å². The van der Waals surface area contributed by atoms with Crippen LogP contribution < -0.4 is 10.1 Å². The summed E-state index contributed by atoms with van der Waals surface area (Å²) in [4.78, 5) is 12.9. The molecule has 0 unspecified atom stereocenters. The van der Waals surface area contributed by atoms with Gasteiger partial charge in [0.25, 0.3) is 5.91 Å². The molecule has 2 heterocycles. The minimum atomic E-state index is -0.425. The Bertz CT molecular complexity index is 1310. The van der Waals surface area contributed by atoms with Crippen molar-refractivity contribution < 1.29 is 14.1 Å². The highest BCUT2D eigenvalue weighted by Crippen LogP contribution is 2.25. The Morgan fingerprint density at radius 2 is 1.94 bits per heavy atom. The largest absolute Gasteiger partial charge is 0.488 e. The molecule has 170 valence electrons. The van der Waals surface area contributed by atoms with E-state index in [-0.39, 0.29) is 12.3 Å². The number of aryl methyl sites for hydroxylation is 2. The number of nitrogens with zero attached hydrogens (tertiary/aromatic N) is 3. The Morgan fingerprint density at radius 1 is 1.12 bits per heavy atom. The number of halogens is 2. The number of amides is 1. The standard InChI is InChI=1S/C24H22Cl2N4O3/c1-14-5-4-6-21(15(14)2)32-13-18-16(3)33-29-23(18)24(31)27-22-9-10-30(28-22)12-17-7-8-19(25)20(26)11-17/h4-11H,12-13H2,1-3H3,(H,27,28,31). The van der Waals surface area contributed by atoms with Gasteiger partial charge in [0.2, 0.25) is 0 Å². The Hall–Kier alpha value is -3.29. The number of carbonyl (C=O) groups excluding carboxylic acids is 1. The van der Waals surface area contributed by atoms with Gasteiger partial charge in [0.15, 0.2) is 11.5 Å². The lowest BCUT2D eigenvalue weighted by molar-refractivity contribution is 0.101. The molecule has 0 spiro atoms. The normalized spacial score (nSPS) is 10.9. The Kier molecular flexibility index (Phi) is 6.72. The summed E-state index contributed by atoms with van der Waals surface area (Å²) in [5.74, 6) is 1.24. The number of hydrogen-bond donors (Lipinski definition) is 1. The van der Waals surface area contributed by atoms with Crippen molar-refractivity contribution in [2.75, 3.05) is 5.32 Å². The van der Waals surface area contributed by atoms with E-state index in [1.165, 1.54) is 0 Å². The van der Waals surface area contributed by atoms with Crippen LogP contribution in [0.4, 0.5) is 5.82 Å². The Labute approximate surface area is 201 Å². The topological polar surface area (TPSA) is 82.2 Å². The van der Waals surface area contributed by atoms with Crippen LogP contribution in [-0.2, 0) is 13.2 Å². The summed E-state index contributed by atoms with van der Waals surface area (Å²) in [6, 6.07) is 12.9. The molecule has 0 fully saturated rings. The zero-order valence-corrected chi connectivity index (χ0v) is 19.9. The van der Waals surface area contributed by atoms with Crippen molar-refractivity contribution in [3.05, 3.63) is 92.4 Å². The number of ether oxygens (including phenoxy) is 1. The molecule has 0 radical (unpaired) electrons. The van der Waals surface area contributed by atoms with Crippen molar-refractivity contribution in [3.63, 3.8) is 0 Å². The van der Waals surface area contributed by atoms with Crippen molar-refractivity contribution in [1.82, 2.24) is 14.9 Å². The summed E-state index contributed by atoms with van der Waals surface area (Å²) < 4.78 is 12.9. The summed E-state index contributed by atoms with van der Waals surface area (Å²) in [6.07, 6.45) is 1.76. The van der Waals surface area contributed by atoms with Crippen molar-refractivity contribution in [3.8, 4) is 5.75 Å². The fraction of sp³-hybridized carbons (Fsp3) is 0.208. The molecule has 2 aromatic heterocycles. The average molecular weight is 485 g/mol. The third-order valence-electron chi connectivity index (χ3n) is 5.34. The lowest BCUT2D eigenvalue weighted by atomic mass is 10.1. The number of aromatic nitrogens is 3. The van der Waals surface area contributed by atoms with Crippen molar-refractivity contribution in [2.24, 2.45) is 0 Å². The minimum absolute atomic E-state index is 0.161. The number of benzene rings is 2. The predicted molar refractivity (Wildman–Crippen MR) is 127 cm³/mol. The quantitative estimate of drug-likeness (QED) is 0.348. The number of hydrogen-bond acceptors (Lipinski definition) is 5. The Morgan fingerprint density at radius 3 is 2.73 bits per heavy atom. The van der Waals surface area contributed by atoms with Gasteiger partial charge in [-0.1, -0.05) is 46.6 Å². The van der Waals surface area contributed by atoms with Gasteiger partial charge in [0, 0.05) is 12.3 Å². The molecule has 4 rings (SSSR count). The maximum absolute atomic E-state index is 12.9. The van der Waals surface area contributed by atoms with Crippen LogP contribution in [-0.4, -0.2) is 20.8 Å². The highest BCUT2D eigenvalue weighted by Gasteiger charge is 2.21.